The minimum absolute atomic E-state index is 0.0925. The van der Waals surface area contributed by atoms with E-state index < -0.39 is 0 Å². The highest BCUT2D eigenvalue weighted by molar-refractivity contribution is 5.25. The standard InChI is InChI=1S/C19H30N2/c1-4-17-13-20-19(3,16-10-6-5-7-11-16)14-21(17)18-12-8-9-15(18)2/h5-7,10-11,15,17-18,20H,4,8-9,12-14H2,1-3H3. The largest absolute Gasteiger partial charge is 0.305 e. The lowest BCUT2D eigenvalue weighted by molar-refractivity contribution is 0.0318. The summed E-state index contributed by atoms with van der Waals surface area (Å²) in [5.74, 6) is 0.858. The zero-order valence-corrected chi connectivity index (χ0v) is 13.8. The fraction of sp³-hybridized carbons (Fsp3) is 0.684. The summed E-state index contributed by atoms with van der Waals surface area (Å²) >= 11 is 0. The van der Waals surface area contributed by atoms with E-state index in [1.54, 1.807) is 0 Å². The van der Waals surface area contributed by atoms with Crippen LogP contribution in [0.15, 0.2) is 30.3 Å². The summed E-state index contributed by atoms with van der Waals surface area (Å²) < 4.78 is 0. The topological polar surface area (TPSA) is 15.3 Å². The quantitative estimate of drug-likeness (QED) is 0.910. The minimum Gasteiger partial charge on any atom is -0.305 e. The van der Waals surface area contributed by atoms with E-state index in [4.69, 9.17) is 0 Å². The maximum absolute atomic E-state index is 3.84. The summed E-state index contributed by atoms with van der Waals surface area (Å²) in [5.41, 5.74) is 1.52. The van der Waals surface area contributed by atoms with Crippen LogP contribution in [0.25, 0.3) is 0 Å². The molecule has 0 amide bonds. The van der Waals surface area contributed by atoms with E-state index in [2.05, 4.69) is 61.3 Å². The van der Waals surface area contributed by atoms with Crippen LogP contribution < -0.4 is 5.32 Å². The van der Waals surface area contributed by atoms with Gasteiger partial charge in [-0.15, -0.1) is 0 Å². The minimum atomic E-state index is 0.0925. The van der Waals surface area contributed by atoms with E-state index in [1.165, 1.54) is 31.2 Å². The molecule has 1 heterocycles. The second-order valence-electron chi connectivity index (χ2n) is 7.29. The van der Waals surface area contributed by atoms with Gasteiger partial charge in [0.15, 0.2) is 0 Å². The normalized spacial score (nSPS) is 37.8. The molecule has 0 radical (unpaired) electrons. The van der Waals surface area contributed by atoms with Crippen molar-refractivity contribution in [2.24, 2.45) is 5.92 Å². The highest BCUT2D eigenvalue weighted by atomic mass is 15.3. The van der Waals surface area contributed by atoms with Gasteiger partial charge >= 0.3 is 0 Å². The van der Waals surface area contributed by atoms with Crippen LogP contribution >= 0.6 is 0 Å². The van der Waals surface area contributed by atoms with Gasteiger partial charge in [0.05, 0.1) is 5.54 Å². The second kappa shape index (κ2) is 6.10. The summed E-state index contributed by atoms with van der Waals surface area (Å²) in [4.78, 5) is 2.83. The molecule has 1 saturated carbocycles. The van der Waals surface area contributed by atoms with Crippen LogP contribution in [0, 0.1) is 5.92 Å². The lowest BCUT2D eigenvalue weighted by Crippen LogP contribution is -2.63. The lowest BCUT2D eigenvalue weighted by Gasteiger charge is -2.49. The molecule has 0 aromatic heterocycles. The van der Waals surface area contributed by atoms with Crippen molar-refractivity contribution in [1.29, 1.82) is 0 Å². The molecule has 1 aromatic rings. The number of hydrogen-bond acceptors (Lipinski definition) is 2. The molecule has 116 valence electrons. The first-order chi connectivity index (χ1) is 10.1. The van der Waals surface area contributed by atoms with E-state index in [9.17, 15) is 0 Å². The Kier molecular flexibility index (Phi) is 4.37. The lowest BCUT2D eigenvalue weighted by atomic mass is 9.86. The molecule has 2 nitrogen and oxygen atoms in total. The number of rotatable bonds is 3. The fourth-order valence-corrected chi connectivity index (χ4v) is 4.40. The molecule has 1 aliphatic heterocycles. The van der Waals surface area contributed by atoms with Gasteiger partial charge in [0.1, 0.15) is 0 Å². The Labute approximate surface area is 129 Å². The molecule has 4 unspecified atom stereocenters. The van der Waals surface area contributed by atoms with E-state index in [0.29, 0.717) is 6.04 Å². The summed E-state index contributed by atoms with van der Waals surface area (Å²) in [5, 5.41) is 3.84. The molecule has 0 bridgehead atoms. The molecule has 2 fully saturated rings. The molecular weight excluding hydrogens is 256 g/mol. The Bertz CT molecular complexity index is 458. The second-order valence-corrected chi connectivity index (χ2v) is 7.29. The summed E-state index contributed by atoms with van der Waals surface area (Å²) in [6.07, 6.45) is 5.46. The van der Waals surface area contributed by atoms with Crippen LogP contribution in [0.2, 0.25) is 0 Å². The zero-order valence-electron chi connectivity index (χ0n) is 13.8. The smallest absolute Gasteiger partial charge is 0.0535 e. The molecule has 3 rings (SSSR count). The van der Waals surface area contributed by atoms with E-state index >= 15 is 0 Å². The first kappa shape index (κ1) is 15.1. The Hall–Kier alpha value is -0.860. The highest BCUT2D eigenvalue weighted by Gasteiger charge is 2.41. The Balaban J connectivity index is 1.84. The summed E-state index contributed by atoms with van der Waals surface area (Å²) in [6.45, 7) is 9.42. The van der Waals surface area contributed by atoms with Crippen molar-refractivity contribution in [3.63, 3.8) is 0 Å². The Morgan fingerprint density at radius 2 is 2.00 bits per heavy atom. The molecule has 2 heteroatoms. The molecule has 21 heavy (non-hydrogen) atoms. The third-order valence-electron chi connectivity index (χ3n) is 5.82. The maximum Gasteiger partial charge on any atom is 0.0535 e. The maximum atomic E-state index is 3.84. The Morgan fingerprint density at radius 1 is 1.24 bits per heavy atom. The Morgan fingerprint density at radius 3 is 2.62 bits per heavy atom. The fourth-order valence-electron chi connectivity index (χ4n) is 4.40. The van der Waals surface area contributed by atoms with Gasteiger partial charge in [0, 0.05) is 25.2 Å². The molecule has 1 aliphatic carbocycles. The van der Waals surface area contributed by atoms with E-state index in [0.717, 1.165) is 25.0 Å². The number of benzene rings is 1. The highest BCUT2D eigenvalue weighted by Crippen LogP contribution is 2.36. The number of piperazine rings is 1. The predicted octanol–water partition coefficient (Wildman–Crippen LogP) is 3.77. The molecule has 1 aromatic carbocycles. The van der Waals surface area contributed by atoms with Crippen LogP contribution in [0.1, 0.15) is 52.0 Å². The number of nitrogens with zero attached hydrogens (tertiary/aromatic N) is 1. The third kappa shape index (κ3) is 2.89. The molecular formula is C19H30N2. The van der Waals surface area contributed by atoms with Crippen molar-refractivity contribution in [2.75, 3.05) is 13.1 Å². The molecule has 1 saturated heterocycles. The van der Waals surface area contributed by atoms with Crippen LogP contribution in [0.4, 0.5) is 0 Å². The van der Waals surface area contributed by atoms with Crippen molar-refractivity contribution >= 4 is 0 Å². The van der Waals surface area contributed by atoms with Crippen molar-refractivity contribution in [1.82, 2.24) is 10.2 Å². The van der Waals surface area contributed by atoms with Crippen molar-refractivity contribution in [2.45, 2.75) is 64.1 Å². The van der Waals surface area contributed by atoms with Gasteiger partial charge in [-0.25, -0.2) is 0 Å². The average molecular weight is 286 g/mol. The molecule has 0 spiro atoms. The average Bonchev–Trinajstić information content (AvgIpc) is 2.94. The van der Waals surface area contributed by atoms with Gasteiger partial charge in [-0.05, 0) is 37.7 Å². The molecule has 4 atom stereocenters. The van der Waals surface area contributed by atoms with Gasteiger partial charge in [-0.1, -0.05) is 50.6 Å². The number of hydrogen-bond donors (Lipinski definition) is 1. The van der Waals surface area contributed by atoms with Crippen LogP contribution in [0.5, 0.6) is 0 Å². The zero-order chi connectivity index (χ0) is 14.9. The SMILES string of the molecule is CCC1CNC(C)(c2ccccc2)CN1C1CCCC1C. The van der Waals surface area contributed by atoms with Gasteiger partial charge in [-0.2, -0.15) is 0 Å². The third-order valence-corrected chi connectivity index (χ3v) is 5.82. The molecule has 1 N–H and O–H groups in total. The number of nitrogens with one attached hydrogen (secondary N) is 1. The van der Waals surface area contributed by atoms with E-state index in [-0.39, 0.29) is 5.54 Å². The first-order valence-electron chi connectivity index (χ1n) is 8.70. The monoisotopic (exact) mass is 286 g/mol. The van der Waals surface area contributed by atoms with Crippen molar-refractivity contribution in [3.05, 3.63) is 35.9 Å². The summed E-state index contributed by atoms with van der Waals surface area (Å²) in [7, 11) is 0. The van der Waals surface area contributed by atoms with Gasteiger partial charge < -0.3 is 5.32 Å². The van der Waals surface area contributed by atoms with Gasteiger partial charge in [0.2, 0.25) is 0 Å². The summed E-state index contributed by atoms with van der Waals surface area (Å²) in [6, 6.07) is 12.5. The first-order valence-corrected chi connectivity index (χ1v) is 8.70. The van der Waals surface area contributed by atoms with Crippen molar-refractivity contribution < 1.29 is 0 Å². The van der Waals surface area contributed by atoms with Crippen LogP contribution in [-0.2, 0) is 5.54 Å². The predicted molar refractivity (Wildman–Crippen MR) is 89.4 cm³/mol. The van der Waals surface area contributed by atoms with Crippen LogP contribution in [-0.4, -0.2) is 30.1 Å². The van der Waals surface area contributed by atoms with Crippen LogP contribution in [0.3, 0.4) is 0 Å². The van der Waals surface area contributed by atoms with Gasteiger partial charge in [0.25, 0.3) is 0 Å². The van der Waals surface area contributed by atoms with Crippen molar-refractivity contribution in [3.8, 4) is 0 Å². The van der Waals surface area contributed by atoms with Gasteiger partial charge in [-0.3, -0.25) is 4.90 Å². The van der Waals surface area contributed by atoms with E-state index in [1.807, 2.05) is 0 Å². The molecule has 2 aliphatic rings.